The Morgan fingerprint density at radius 2 is 2.17 bits per heavy atom. The second kappa shape index (κ2) is 5.08. The first kappa shape index (κ1) is 13.1. The second-order valence-corrected chi connectivity index (χ2v) is 4.58. The Bertz CT molecular complexity index is 565. The lowest BCUT2D eigenvalue weighted by Gasteiger charge is -2.15. The highest BCUT2D eigenvalue weighted by Gasteiger charge is 2.18. The molecule has 5 heteroatoms. The van der Waals surface area contributed by atoms with Crippen LogP contribution in [0.5, 0.6) is 0 Å². The molecule has 1 aromatic carbocycles. The van der Waals surface area contributed by atoms with Crippen LogP contribution in [-0.2, 0) is 6.54 Å². The van der Waals surface area contributed by atoms with E-state index in [-0.39, 0.29) is 5.82 Å². The molecule has 96 valence electrons. The molecule has 0 aliphatic rings. The molecule has 0 fully saturated rings. The highest BCUT2D eigenvalue weighted by atomic mass is 35.5. The van der Waals surface area contributed by atoms with Gasteiger partial charge in [0.05, 0.1) is 17.4 Å². The van der Waals surface area contributed by atoms with E-state index in [2.05, 4.69) is 5.10 Å². The van der Waals surface area contributed by atoms with Crippen molar-refractivity contribution < 1.29 is 4.39 Å². The van der Waals surface area contributed by atoms with Gasteiger partial charge in [-0.05, 0) is 43.7 Å². The molecule has 0 amide bonds. The fourth-order valence-electron chi connectivity index (χ4n) is 1.98. The van der Waals surface area contributed by atoms with E-state index in [1.165, 1.54) is 18.2 Å². The summed E-state index contributed by atoms with van der Waals surface area (Å²) in [6.07, 6.45) is 0. The van der Waals surface area contributed by atoms with Crippen LogP contribution in [0.25, 0.3) is 0 Å². The van der Waals surface area contributed by atoms with Gasteiger partial charge in [-0.1, -0.05) is 11.6 Å². The average molecular weight is 268 g/mol. The number of nitrogens with two attached hydrogens (primary N) is 1. The molecule has 1 unspecified atom stereocenters. The van der Waals surface area contributed by atoms with E-state index in [1.807, 2.05) is 19.9 Å². The Hall–Kier alpha value is -1.39. The average Bonchev–Trinajstić information content (AvgIpc) is 2.72. The summed E-state index contributed by atoms with van der Waals surface area (Å²) >= 11 is 6.07. The molecule has 0 saturated heterocycles. The van der Waals surface area contributed by atoms with Crippen LogP contribution >= 0.6 is 11.6 Å². The van der Waals surface area contributed by atoms with Crippen LogP contribution in [0.15, 0.2) is 24.3 Å². The Morgan fingerprint density at radius 3 is 2.83 bits per heavy atom. The van der Waals surface area contributed by atoms with Crippen LogP contribution in [0.3, 0.4) is 0 Å². The zero-order valence-corrected chi connectivity index (χ0v) is 11.1. The normalized spacial score (nSPS) is 12.7. The lowest BCUT2D eigenvalue weighted by Crippen LogP contribution is -2.17. The molecule has 0 bridgehead atoms. The molecule has 2 aromatic rings. The predicted octanol–water partition coefficient (Wildman–Crippen LogP) is 3.05. The van der Waals surface area contributed by atoms with Gasteiger partial charge in [-0.2, -0.15) is 5.10 Å². The number of hydrogen-bond donors (Lipinski definition) is 1. The van der Waals surface area contributed by atoms with Crippen LogP contribution < -0.4 is 5.73 Å². The molecule has 1 heterocycles. The maximum Gasteiger partial charge on any atom is 0.123 e. The van der Waals surface area contributed by atoms with Gasteiger partial charge in [-0.3, -0.25) is 4.68 Å². The number of hydrogen-bond acceptors (Lipinski definition) is 2. The van der Waals surface area contributed by atoms with E-state index in [0.717, 1.165) is 11.4 Å². The third-order valence-corrected chi connectivity index (χ3v) is 3.19. The Balaban J connectivity index is 2.46. The molecule has 3 nitrogen and oxygen atoms in total. The van der Waals surface area contributed by atoms with Gasteiger partial charge < -0.3 is 5.73 Å². The highest BCUT2D eigenvalue weighted by Crippen LogP contribution is 2.27. The molecule has 2 rings (SSSR count). The molecule has 0 aliphatic carbocycles. The van der Waals surface area contributed by atoms with Crippen LogP contribution in [0.2, 0.25) is 5.02 Å². The number of benzene rings is 1. The van der Waals surface area contributed by atoms with Crippen molar-refractivity contribution in [2.24, 2.45) is 5.73 Å². The van der Waals surface area contributed by atoms with Crippen molar-refractivity contribution >= 4 is 11.6 Å². The molecule has 2 N–H and O–H groups in total. The first-order valence-corrected chi connectivity index (χ1v) is 6.15. The monoisotopic (exact) mass is 267 g/mol. The van der Waals surface area contributed by atoms with Gasteiger partial charge in [-0.25, -0.2) is 4.39 Å². The SMILES string of the molecule is CCn1nc(C)cc1C(N)c1cc(F)ccc1Cl. The second-order valence-electron chi connectivity index (χ2n) is 4.17. The third kappa shape index (κ3) is 2.40. The minimum Gasteiger partial charge on any atom is -0.319 e. The summed E-state index contributed by atoms with van der Waals surface area (Å²) in [6.45, 7) is 4.59. The number of aryl methyl sites for hydroxylation is 2. The highest BCUT2D eigenvalue weighted by molar-refractivity contribution is 6.31. The van der Waals surface area contributed by atoms with Crippen molar-refractivity contribution in [3.63, 3.8) is 0 Å². The number of aromatic nitrogens is 2. The number of rotatable bonds is 3. The fraction of sp³-hybridized carbons (Fsp3) is 0.308. The van der Waals surface area contributed by atoms with Gasteiger partial charge in [0.2, 0.25) is 0 Å². The summed E-state index contributed by atoms with van der Waals surface area (Å²) in [5, 5.41) is 4.79. The van der Waals surface area contributed by atoms with E-state index < -0.39 is 6.04 Å². The zero-order valence-electron chi connectivity index (χ0n) is 10.3. The minimum atomic E-state index is -0.477. The maximum absolute atomic E-state index is 13.3. The molecule has 1 aromatic heterocycles. The summed E-state index contributed by atoms with van der Waals surface area (Å²) in [5.74, 6) is -0.343. The van der Waals surface area contributed by atoms with Gasteiger partial charge in [0.1, 0.15) is 5.82 Å². The van der Waals surface area contributed by atoms with E-state index in [9.17, 15) is 4.39 Å². The van der Waals surface area contributed by atoms with E-state index in [4.69, 9.17) is 17.3 Å². The van der Waals surface area contributed by atoms with Gasteiger partial charge in [0.25, 0.3) is 0 Å². The lowest BCUT2D eigenvalue weighted by molar-refractivity contribution is 0.592. The van der Waals surface area contributed by atoms with Crippen molar-refractivity contribution in [3.05, 3.63) is 52.1 Å². The van der Waals surface area contributed by atoms with Crippen molar-refractivity contribution in [3.8, 4) is 0 Å². The molecule has 18 heavy (non-hydrogen) atoms. The van der Waals surface area contributed by atoms with Crippen LogP contribution in [-0.4, -0.2) is 9.78 Å². The van der Waals surface area contributed by atoms with Gasteiger partial charge in [0, 0.05) is 11.6 Å². The topological polar surface area (TPSA) is 43.8 Å². The molecular formula is C13H15ClFN3. The van der Waals surface area contributed by atoms with Crippen molar-refractivity contribution in [2.75, 3.05) is 0 Å². The lowest BCUT2D eigenvalue weighted by atomic mass is 10.0. The van der Waals surface area contributed by atoms with Crippen molar-refractivity contribution in [1.29, 1.82) is 0 Å². The van der Waals surface area contributed by atoms with Gasteiger partial charge >= 0.3 is 0 Å². The molecule has 1 atom stereocenters. The summed E-state index contributed by atoms with van der Waals surface area (Å²) in [6, 6.07) is 5.63. The van der Waals surface area contributed by atoms with E-state index in [1.54, 1.807) is 4.68 Å². The standard InChI is InChI=1S/C13H15ClFN3/c1-3-18-12(6-8(2)17-18)13(16)10-7-9(15)4-5-11(10)14/h4-7,13H,3,16H2,1-2H3. The molecule has 0 spiro atoms. The summed E-state index contributed by atoms with van der Waals surface area (Å²) in [5.41, 5.74) is 8.46. The molecule has 0 aliphatic heterocycles. The fourth-order valence-corrected chi connectivity index (χ4v) is 2.22. The van der Waals surface area contributed by atoms with Crippen molar-refractivity contribution in [2.45, 2.75) is 26.4 Å². The summed E-state index contributed by atoms with van der Waals surface area (Å²) < 4.78 is 15.1. The largest absolute Gasteiger partial charge is 0.319 e. The first-order chi connectivity index (χ1) is 8.52. The number of halogens is 2. The third-order valence-electron chi connectivity index (χ3n) is 2.84. The Kier molecular flexibility index (Phi) is 3.68. The minimum absolute atomic E-state index is 0.343. The molecular weight excluding hydrogens is 253 g/mol. The van der Waals surface area contributed by atoms with Crippen LogP contribution in [0, 0.1) is 12.7 Å². The predicted molar refractivity (Wildman–Crippen MR) is 70.1 cm³/mol. The smallest absolute Gasteiger partial charge is 0.123 e. The Morgan fingerprint density at radius 1 is 1.44 bits per heavy atom. The van der Waals surface area contributed by atoms with Crippen LogP contribution in [0.4, 0.5) is 4.39 Å². The molecule has 0 radical (unpaired) electrons. The van der Waals surface area contributed by atoms with Crippen molar-refractivity contribution in [1.82, 2.24) is 9.78 Å². The van der Waals surface area contributed by atoms with E-state index >= 15 is 0 Å². The van der Waals surface area contributed by atoms with Gasteiger partial charge in [0.15, 0.2) is 0 Å². The summed E-state index contributed by atoms with van der Waals surface area (Å²) in [4.78, 5) is 0. The zero-order chi connectivity index (χ0) is 13.3. The van der Waals surface area contributed by atoms with Gasteiger partial charge in [-0.15, -0.1) is 0 Å². The first-order valence-electron chi connectivity index (χ1n) is 5.77. The molecule has 0 saturated carbocycles. The van der Waals surface area contributed by atoms with Crippen LogP contribution in [0.1, 0.15) is 29.9 Å². The Labute approximate surface area is 110 Å². The quantitative estimate of drug-likeness (QED) is 0.929. The number of nitrogens with zero attached hydrogens (tertiary/aromatic N) is 2. The van der Waals surface area contributed by atoms with E-state index in [0.29, 0.717) is 17.1 Å². The summed E-state index contributed by atoms with van der Waals surface area (Å²) in [7, 11) is 0. The maximum atomic E-state index is 13.3.